The van der Waals surface area contributed by atoms with Gasteiger partial charge in [0.2, 0.25) is 11.8 Å². The fraction of sp³-hybridized carbons (Fsp3) is 0.467. The summed E-state index contributed by atoms with van der Waals surface area (Å²) in [5.41, 5.74) is 1.39. The van der Waals surface area contributed by atoms with Crippen molar-refractivity contribution in [2.45, 2.75) is 39.0 Å². The van der Waals surface area contributed by atoms with Crippen molar-refractivity contribution in [3.63, 3.8) is 0 Å². The van der Waals surface area contributed by atoms with Crippen LogP contribution < -0.4 is 4.90 Å². The first-order chi connectivity index (χ1) is 9.03. The molecule has 1 spiro atoms. The van der Waals surface area contributed by atoms with E-state index in [9.17, 15) is 9.59 Å². The minimum absolute atomic E-state index is 0.000414. The fourth-order valence-corrected chi connectivity index (χ4v) is 3.94. The quantitative estimate of drug-likeness (QED) is 0.741. The number of nitrogens with zero attached hydrogens (tertiary/aromatic N) is 1. The van der Waals surface area contributed by atoms with Gasteiger partial charge >= 0.3 is 0 Å². The lowest BCUT2D eigenvalue weighted by Gasteiger charge is -2.21. The molecule has 3 rings (SSSR count). The number of hydrogen-bond acceptors (Lipinski definition) is 2. The van der Waals surface area contributed by atoms with Crippen LogP contribution in [0.1, 0.15) is 37.7 Å². The van der Waals surface area contributed by atoms with Crippen LogP contribution in [0, 0.1) is 12.3 Å². The van der Waals surface area contributed by atoms with Crippen LogP contribution in [0.25, 0.3) is 0 Å². The largest absolute Gasteiger partial charge is 0.274 e. The summed E-state index contributed by atoms with van der Waals surface area (Å²) >= 11 is 3.46. The standard InChI is InChI=1S/C15H16BrNO2/c1-10-4-5-12(11(16)8-10)17-13(18)9-15(14(17)19)6-2-3-7-15/h4-5,8H,2-3,6-7,9H2,1H3. The van der Waals surface area contributed by atoms with Crippen LogP contribution in [0.4, 0.5) is 5.69 Å². The van der Waals surface area contributed by atoms with Crippen molar-refractivity contribution in [1.29, 1.82) is 0 Å². The SMILES string of the molecule is Cc1ccc(N2C(=O)CC3(CCCC3)C2=O)c(Br)c1. The maximum absolute atomic E-state index is 12.7. The van der Waals surface area contributed by atoms with Crippen molar-refractivity contribution >= 4 is 33.4 Å². The first-order valence-corrected chi connectivity index (χ1v) is 7.46. The third kappa shape index (κ3) is 1.93. The van der Waals surface area contributed by atoms with Crippen molar-refractivity contribution in [3.05, 3.63) is 28.2 Å². The van der Waals surface area contributed by atoms with Crippen molar-refractivity contribution in [2.24, 2.45) is 5.41 Å². The monoisotopic (exact) mass is 321 g/mol. The maximum Gasteiger partial charge on any atom is 0.240 e. The van der Waals surface area contributed by atoms with E-state index in [0.29, 0.717) is 12.1 Å². The summed E-state index contributed by atoms with van der Waals surface area (Å²) < 4.78 is 0.809. The highest BCUT2D eigenvalue weighted by atomic mass is 79.9. The van der Waals surface area contributed by atoms with Gasteiger partial charge in [0, 0.05) is 10.9 Å². The number of carbonyl (C=O) groups is 2. The highest BCUT2D eigenvalue weighted by Crippen LogP contribution is 2.48. The minimum atomic E-state index is -0.401. The number of amides is 2. The molecule has 0 unspecified atom stereocenters. The van der Waals surface area contributed by atoms with Crippen molar-refractivity contribution in [1.82, 2.24) is 0 Å². The fourth-order valence-electron chi connectivity index (χ4n) is 3.27. The van der Waals surface area contributed by atoms with Crippen molar-refractivity contribution < 1.29 is 9.59 Å². The number of imide groups is 1. The molecule has 100 valence electrons. The summed E-state index contributed by atoms with van der Waals surface area (Å²) in [5, 5.41) is 0. The maximum atomic E-state index is 12.7. The van der Waals surface area contributed by atoms with E-state index in [4.69, 9.17) is 0 Å². The number of halogens is 1. The van der Waals surface area contributed by atoms with Crippen molar-refractivity contribution in [2.75, 3.05) is 4.90 Å². The number of carbonyl (C=O) groups excluding carboxylic acids is 2. The van der Waals surface area contributed by atoms with Gasteiger partial charge in [0.05, 0.1) is 11.1 Å². The molecule has 4 heteroatoms. The molecule has 0 atom stereocenters. The lowest BCUT2D eigenvalue weighted by atomic mass is 9.84. The predicted octanol–water partition coefficient (Wildman–Crippen LogP) is 3.58. The van der Waals surface area contributed by atoms with Crippen LogP contribution >= 0.6 is 15.9 Å². The smallest absolute Gasteiger partial charge is 0.240 e. The van der Waals surface area contributed by atoms with E-state index in [0.717, 1.165) is 35.7 Å². The van der Waals surface area contributed by atoms with E-state index < -0.39 is 5.41 Å². The summed E-state index contributed by atoms with van der Waals surface area (Å²) in [6.45, 7) is 1.99. The van der Waals surface area contributed by atoms with Gasteiger partial charge < -0.3 is 0 Å². The molecule has 0 N–H and O–H groups in total. The second kappa shape index (κ2) is 4.44. The highest BCUT2D eigenvalue weighted by Gasteiger charge is 2.53. The molecule has 2 fully saturated rings. The van der Waals surface area contributed by atoms with Gasteiger partial charge in [0.1, 0.15) is 0 Å². The molecule has 2 amide bonds. The van der Waals surface area contributed by atoms with Gasteiger partial charge in [-0.1, -0.05) is 18.9 Å². The average Bonchev–Trinajstić information content (AvgIpc) is 2.89. The van der Waals surface area contributed by atoms with Crippen LogP contribution in [0.5, 0.6) is 0 Å². The number of anilines is 1. The molecular weight excluding hydrogens is 306 g/mol. The zero-order chi connectivity index (χ0) is 13.6. The van der Waals surface area contributed by atoms with E-state index in [1.165, 1.54) is 4.90 Å². The Morgan fingerprint density at radius 2 is 1.89 bits per heavy atom. The molecule has 1 aliphatic carbocycles. The Balaban J connectivity index is 2.01. The van der Waals surface area contributed by atoms with Gasteiger partial charge in [-0.3, -0.25) is 9.59 Å². The van der Waals surface area contributed by atoms with Gasteiger partial charge in [-0.05, 0) is 53.4 Å². The Hall–Kier alpha value is -1.16. The molecule has 0 aromatic heterocycles. The molecule has 1 heterocycles. The first kappa shape index (κ1) is 12.9. The Kier molecular flexibility index (Phi) is 3.01. The Bertz CT molecular complexity index is 561. The molecule has 0 radical (unpaired) electrons. The number of rotatable bonds is 1. The molecule has 2 aliphatic rings. The third-order valence-electron chi connectivity index (χ3n) is 4.30. The van der Waals surface area contributed by atoms with Crippen LogP contribution in [-0.2, 0) is 9.59 Å². The number of hydrogen-bond donors (Lipinski definition) is 0. The van der Waals surface area contributed by atoms with Crippen molar-refractivity contribution in [3.8, 4) is 0 Å². The zero-order valence-corrected chi connectivity index (χ0v) is 12.5. The van der Waals surface area contributed by atoms with E-state index >= 15 is 0 Å². The summed E-state index contributed by atoms with van der Waals surface area (Å²) in [6, 6.07) is 5.72. The second-order valence-electron chi connectivity index (χ2n) is 5.65. The van der Waals surface area contributed by atoms with Gasteiger partial charge in [-0.2, -0.15) is 0 Å². The summed E-state index contributed by atoms with van der Waals surface area (Å²) in [7, 11) is 0. The Labute approximate surface area is 121 Å². The lowest BCUT2D eigenvalue weighted by molar-refractivity contribution is -0.125. The van der Waals surface area contributed by atoms with Crippen LogP contribution in [0.2, 0.25) is 0 Å². The van der Waals surface area contributed by atoms with Crippen LogP contribution in [0.15, 0.2) is 22.7 Å². The Morgan fingerprint density at radius 3 is 2.53 bits per heavy atom. The van der Waals surface area contributed by atoms with Gasteiger partial charge in [-0.25, -0.2) is 4.90 Å². The summed E-state index contributed by atoms with van der Waals surface area (Å²) in [6.07, 6.45) is 4.21. The van der Waals surface area contributed by atoms with E-state index in [-0.39, 0.29) is 11.8 Å². The van der Waals surface area contributed by atoms with E-state index in [2.05, 4.69) is 15.9 Å². The molecule has 1 aliphatic heterocycles. The molecule has 1 saturated heterocycles. The molecule has 19 heavy (non-hydrogen) atoms. The molecule has 1 aromatic carbocycles. The average molecular weight is 322 g/mol. The van der Waals surface area contributed by atoms with E-state index in [1.54, 1.807) is 0 Å². The summed E-state index contributed by atoms with van der Waals surface area (Å²) in [4.78, 5) is 26.3. The molecule has 1 aromatic rings. The first-order valence-electron chi connectivity index (χ1n) is 6.67. The molecule has 3 nitrogen and oxygen atoms in total. The summed E-state index contributed by atoms with van der Waals surface area (Å²) in [5.74, 6) is -0.0593. The van der Waals surface area contributed by atoms with Gasteiger partial charge in [0.15, 0.2) is 0 Å². The van der Waals surface area contributed by atoms with Gasteiger partial charge in [-0.15, -0.1) is 0 Å². The number of aryl methyl sites for hydroxylation is 1. The molecule has 0 bridgehead atoms. The highest BCUT2D eigenvalue weighted by molar-refractivity contribution is 9.10. The van der Waals surface area contributed by atoms with Crippen LogP contribution in [-0.4, -0.2) is 11.8 Å². The normalized spacial score (nSPS) is 21.7. The second-order valence-corrected chi connectivity index (χ2v) is 6.51. The van der Waals surface area contributed by atoms with Crippen LogP contribution in [0.3, 0.4) is 0 Å². The molecular formula is C15H16BrNO2. The van der Waals surface area contributed by atoms with E-state index in [1.807, 2.05) is 25.1 Å². The minimum Gasteiger partial charge on any atom is -0.274 e. The Morgan fingerprint density at radius 1 is 1.21 bits per heavy atom. The number of benzene rings is 1. The lowest BCUT2D eigenvalue weighted by Crippen LogP contribution is -2.34. The predicted molar refractivity (Wildman–Crippen MR) is 76.9 cm³/mol. The zero-order valence-electron chi connectivity index (χ0n) is 10.9. The van der Waals surface area contributed by atoms with Gasteiger partial charge in [0.25, 0.3) is 0 Å². The third-order valence-corrected chi connectivity index (χ3v) is 4.94. The topological polar surface area (TPSA) is 37.4 Å². The molecule has 1 saturated carbocycles.